The maximum atomic E-state index is 13.1. The summed E-state index contributed by atoms with van der Waals surface area (Å²) in [6.07, 6.45) is 7.42. The number of hydrogen-bond donors (Lipinski definition) is 3. The number of Topliss-reactive ketones (excluding diaryl/α,β-unsaturated/α-hetero) is 1. The predicted octanol–water partition coefficient (Wildman–Crippen LogP) is 5.03. The molecule has 1 aliphatic rings. The molecule has 3 rings (SSSR count). The predicted molar refractivity (Wildman–Crippen MR) is 124 cm³/mol. The quantitative estimate of drug-likeness (QED) is 0.242. The van der Waals surface area contributed by atoms with E-state index < -0.39 is 17.2 Å². The number of rotatable bonds is 8. The van der Waals surface area contributed by atoms with Crippen LogP contribution >= 0.6 is 0 Å². The van der Waals surface area contributed by atoms with Crippen molar-refractivity contribution < 1.29 is 14.7 Å². The molecule has 0 heterocycles. The number of nitrogens with two attached hydrogens (primary N) is 1. The number of hydrogen-bond acceptors (Lipinski definition) is 4. The van der Waals surface area contributed by atoms with Crippen molar-refractivity contribution in [3.05, 3.63) is 77.6 Å². The molecule has 5 heteroatoms. The van der Waals surface area contributed by atoms with Gasteiger partial charge in [0.15, 0.2) is 5.78 Å². The molecular weight excluding hydrogens is 388 g/mol. The molecule has 1 fully saturated rings. The number of carbonyl (C=O) groups excluding carboxylic acids is 2. The molecule has 1 unspecified atom stereocenters. The van der Waals surface area contributed by atoms with E-state index in [1.807, 2.05) is 54.6 Å². The van der Waals surface area contributed by atoms with Crippen molar-refractivity contribution in [3.8, 4) is 0 Å². The molecule has 0 aliphatic heterocycles. The number of nitrogens with one attached hydrogen (secondary N) is 1. The Labute approximate surface area is 184 Å². The van der Waals surface area contributed by atoms with Crippen LogP contribution in [0.25, 0.3) is 0 Å². The fraction of sp³-hybridized carbons (Fsp3) is 0.385. The Balaban J connectivity index is 1.69. The number of anilines is 1. The van der Waals surface area contributed by atoms with Crippen LogP contribution in [0.3, 0.4) is 0 Å². The van der Waals surface area contributed by atoms with Crippen molar-refractivity contribution in [2.75, 3.05) is 5.32 Å². The Morgan fingerprint density at radius 1 is 1.06 bits per heavy atom. The maximum absolute atomic E-state index is 13.1. The average molecular weight is 421 g/mol. The van der Waals surface area contributed by atoms with Crippen LogP contribution in [-0.4, -0.2) is 22.3 Å². The third-order valence-electron chi connectivity index (χ3n) is 6.31. The van der Waals surface area contributed by atoms with Gasteiger partial charge in [0, 0.05) is 5.69 Å². The van der Waals surface area contributed by atoms with Crippen LogP contribution in [0.4, 0.5) is 5.69 Å². The number of benzene rings is 2. The summed E-state index contributed by atoms with van der Waals surface area (Å²) >= 11 is 0. The van der Waals surface area contributed by atoms with Crippen molar-refractivity contribution in [1.29, 1.82) is 0 Å². The normalized spacial score (nSPS) is 17.0. The zero-order valence-electron chi connectivity index (χ0n) is 18.1. The second-order valence-corrected chi connectivity index (χ2v) is 8.46. The fourth-order valence-electron chi connectivity index (χ4n) is 4.29. The van der Waals surface area contributed by atoms with Gasteiger partial charge in [-0.3, -0.25) is 9.59 Å². The molecule has 2 aromatic rings. The van der Waals surface area contributed by atoms with E-state index in [4.69, 9.17) is 5.73 Å². The molecular formula is C26H32N2O3. The van der Waals surface area contributed by atoms with E-state index in [9.17, 15) is 14.7 Å². The summed E-state index contributed by atoms with van der Waals surface area (Å²) in [5.41, 5.74) is 7.55. The van der Waals surface area contributed by atoms with Gasteiger partial charge in [-0.15, -0.1) is 0 Å². The van der Waals surface area contributed by atoms with Crippen LogP contribution in [0.5, 0.6) is 0 Å². The highest BCUT2D eigenvalue weighted by Gasteiger charge is 2.37. The van der Waals surface area contributed by atoms with E-state index >= 15 is 0 Å². The lowest BCUT2D eigenvalue weighted by Crippen LogP contribution is -2.51. The molecule has 2 aromatic carbocycles. The van der Waals surface area contributed by atoms with Gasteiger partial charge in [0.1, 0.15) is 5.57 Å². The van der Waals surface area contributed by atoms with Crippen LogP contribution < -0.4 is 11.1 Å². The molecule has 4 N–H and O–H groups in total. The van der Waals surface area contributed by atoms with Gasteiger partial charge in [-0.1, -0.05) is 68.7 Å². The van der Waals surface area contributed by atoms with Crippen LogP contribution in [0.2, 0.25) is 0 Å². The number of aliphatic hydroxyl groups excluding tert-OH is 1. The summed E-state index contributed by atoms with van der Waals surface area (Å²) in [5, 5.41) is 12.4. The minimum Gasteiger partial charge on any atom is -0.515 e. The van der Waals surface area contributed by atoms with Crippen molar-refractivity contribution in [1.82, 2.24) is 0 Å². The highest BCUT2D eigenvalue weighted by molar-refractivity contribution is 6.25. The molecule has 0 aromatic heterocycles. The first-order chi connectivity index (χ1) is 15.0. The topological polar surface area (TPSA) is 92.4 Å². The number of carbonyl (C=O) groups is 2. The van der Waals surface area contributed by atoms with Gasteiger partial charge in [0.25, 0.3) is 5.91 Å². The lowest BCUT2D eigenvalue weighted by atomic mass is 9.82. The summed E-state index contributed by atoms with van der Waals surface area (Å²) in [7, 11) is 0. The summed E-state index contributed by atoms with van der Waals surface area (Å²) < 4.78 is 0. The molecule has 1 saturated carbocycles. The molecule has 1 amide bonds. The first-order valence-corrected chi connectivity index (χ1v) is 11.1. The second kappa shape index (κ2) is 10.4. The number of aliphatic hydroxyl groups is 1. The van der Waals surface area contributed by atoms with Crippen LogP contribution in [0.1, 0.15) is 62.5 Å². The summed E-state index contributed by atoms with van der Waals surface area (Å²) in [6, 6.07) is 17.2. The van der Waals surface area contributed by atoms with Crippen LogP contribution in [0, 0.1) is 0 Å². The van der Waals surface area contributed by atoms with Crippen molar-refractivity contribution in [2.45, 2.75) is 63.3 Å². The highest BCUT2D eigenvalue weighted by Crippen LogP contribution is 2.33. The molecule has 164 valence electrons. The fourth-order valence-corrected chi connectivity index (χ4v) is 4.29. The summed E-state index contributed by atoms with van der Waals surface area (Å²) in [6.45, 7) is 1.80. The maximum Gasteiger partial charge on any atom is 0.262 e. The largest absolute Gasteiger partial charge is 0.515 e. The van der Waals surface area contributed by atoms with Gasteiger partial charge in [-0.2, -0.15) is 0 Å². The lowest BCUT2D eigenvalue weighted by molar-refractivity contribution is -0.124. The molecule has 0 saturated heterocycles. The first-order valence-electron chi connectivity index (χ1n) is 11.1. The van der Waals surface area contributed by atoms with E-state index in [1.54, 1.807) is 6.92 Å². The van der Waals surface area contributed by atoms with Gasteiger partial charge in [0.2, 0.25) is 0 Å². The SMILES string of the molecule is CCC(N)(Cc1ccccc1)C(=O)C(=CO)C(=O)Nc1ccc(C2CCCCC2)cc1. The molecule has 31 heavy (non-hydrogen) atoms. The van der Waals surface area contributed by atoms with Gasteiger partial charge in [-0.05, 0) is 54.9 Å². The molecule has 0 bridgehead atoms. The molecule has 0 radical (unpaired) electrons. The molecule has 1 atom stereocenters. The Morgan fingerprint density at radius 2 is 1.71 bits per heavy atom. The van der Waals surface area contributed by atoms with E-state index in [-0.39, 0.29) is 12.0 Å². The summed E-state index contributed by atoms with van der Waals surface area (Å²) in [4.78, 5) is 25.9. The Morgan fingerprint density at radius 3 is 2.29 bits per heavy atom. The van der Waals surface area contributed by atoms with E-state index in [2.05, 4.69) is 5.32 Å². The van der Waals surface area contributed by atoms with Gasteiger partial charge in [-0.25, -0.2) is 0 Å². The standard InChI is InChI=1S/C26H32N2O3/c1-2-26(27,17-19-9-5-3-6-10-19)24(30)23(18-29)25(31)28-22-15-13-21(14-16-22)20-11-7-4-8-12-20/h3,5-6,9-10,13-16,18,20,29H,2,4,7-8,11-12,17,27H2,1H3,(H,28,31). The van der Waals surface area contributed by atoms with Gasteiger partial charge >= 0.3 is 0 Å². The zero-order chi connectivity index (χ0) is 22.3. The van der Waals surface area contributed by atoms with Gasteiger partial charge < -0.3 is 16.2 Å². The number of amides is 1. The van der Waals surface area contributed by atoms with Gasteiger partial charge in [0.05, 0.1) is 11.8 Å². The monoisotopic (exact) mass is 420 g/mol. The zero-order valence-corrected chi connectivity index (χ0v) is 18.1. The first kappa shape index (κ1) is 22.8. The number of ketones is 1. The smallest absolute Gasteiger partial charge is 0.262 e. The lowest BCUT2D eigenvalue weighted by Gasteiger charge is -2.27. The average Bonchev–Trinajstić information content (AvgIpc) is 2.81. The van der Waals surface area contributed by atoms with Crippen LogP contribution in [-0.2, 0) is 16.0 Å². The third-order valence-corrected chi connectivity index (χ3v) is 6.31. The molecule has 0 spiro atoms. The molecule has 5 nitrogen and oxygen atoms in total. The van der Waals surface area contributed by atoms with Crippen molar-refractivity contribution in [2.24, 2.45) is 5.73 Å². The summed E-state index contributed by atoms with van der Waals surface area (Å²) in [5.74, 6) is -0.652. The van der Waals surface area contributed by atoms with E-state index in [0.717, 1.165) is 5.56 Å². The van der Waals surface area contributed by atoms with Crippen molar-refractivity contribution in [3.63, 3.8) is 0 Å². The van der Waals surface area contributed by atoms with E-state index in [1.165, 1.54) is 37.7 Å². The Hall–Kier alpha value is -2.92. The van der Waals surface area contributed by atoms with Crippen LogP contribution in [0.15, 0.2) is 66.4 Å². The second-order valence-electron chi connectivity index (χ2n) is 8.46. The van der Waals surface area contributed by atoms with Crippen molar-refractivity contribution >= 4 is 17.4 Å². The highest BCUT2D eigenvalue weighted by atomic mass is 16.2. The Bertz CT molecular complexity index is 915. The Kier molecular flexibility index (Phi) is 7.64. The molecule has 1 aliphatic carbocycles. The minimum atomic E-state index is -1.28. The third kappa shape index (κ3) is 5.61. The minimum absolute atomic E-state index is 0.282. The van der Waals surface area contributed by atoms with E-state index in [0.29, 0.717) is 24.3 Å².